The van der Waals surface area contributed by atoms with Gasteiger partial charge in [0, 0.05) is 6.42 Å². The Hall–Kier alpha value is -2.45. The van der Waals surface area contributed by atoms with Crippen molar-refractivity contribution in [3.63, 3.8) is 0 Å². The molecule has 9 heteroatoms. The number of rotatable bonds is 16. The van der Waals surface area contributed by atoms with Crippen molar-refractivity contribution in [3.05, 3.63) is 44.2 Å². The van der Waals surface area contributed by atoms with Gasteiger partial charge >= 0.3 is 11.6 Å². The number of ether oxygens (including phenoxy) is 1. The Morgan fingerprint density at radius 3 is 1.72 bits per heavy atom. The van der Waals surface area contributed by atoms with Gasteiger partial charge in [-0.15, -0.1) is 0 Å². The van der Waals surface area contributed by atoms with Crippen LogP contribution in [-0.4, -0.2) is 33.7 Å². The average molecular weight is 457 g/mol. The second-order valence-electron chi connectivity index (χ2n) is 8.13. The molecular weight excluding hydrogens is 416 g/mol. The SMILES string of the molecule is CCCCCCCCCCCCCCCC(=O)OC.O=[N+]([O-])C1([N+](=O)[O-])C=CC(O)=CC1. The van der Waals surface area contributed by atoms with Gasteiger partial charge in [-0.05, 0) is 18.6 Å². The number of hydrogen-bond acceptors (Lipinski definition) is 7. The topological polar surface area (TPSA) is 133 Å². The summed E-state index contributed by atoms with van der Waals surface area (Å²) in [4.78, 5) is 29.8. The maximum atomic E-state index is 10.9. The Kier molecular flexibility index (Phi) is 16.8. The van der Waals surface area contributed by atoms with Crippen molar-refractivity contribution in [1.29, 1.82) is 0 Å². The summed E-state index contributed by atoms with van der Waals surface area (Å²) in [6.45, 7) is 2.27. The lowest BCUT2D eigenvalue weighted by molar-refractivity contribution is -0.780. The van der Waals surface area contributed by atoms with Gasteiger partial charge in [0.1, 0.15) is 22.0 Å². The molecule has 0 spiro atoms. The van der Waals surface area contributed by atoms with Gasteiger partial charge in [-0.25, -0.2) is 0 Å². The quantitative estimate of drug-likeness (QED) is 0.0949. The van der Waals surface area contributed by atoms with Crippen LogP contribution in [0.4, 0.5) is 0 Å². The number of aliphatic hydroxyl groups excluding tert-OH is 1. The molecule has 0 aliphatic heterocycles. The molecule has 1 aliphatic rings. The van der Waals surface area contributed by atoms with Crippen LogP contribution in [0.2, 0.25) is 0 Å². The molecule has 1 aliphatic carbocycles. The molecule has 0 unspecified atom stereocenters. The Morgan fingerprint density at radius 2 is 1.38 bits per heavy atom. The summed E-state index contributed by atoms with van der Waals surface area (Å²) in [7, 11) is 1.46. The van der Waals surface area contributed by atoms with Crippen LogP contribution in [0.15, 0.2) is 24.0 Å². The van der Waals surface area contributed by atoms with E-state index in [2.05, 4.69) is 11.7 Å². The largest absolute Gasteiger partial charge is 0.508 e. The number of unbranched alkanes of at least 4 members (excludes halogenated alkanes) is 12. The van der Waals surface area contributed by atoms with Crippen molar-refractivity contribution < 1.29 is 24.5 Å². The fourth-order valence-corrected chi connectivity index (χ4v) is 3.34. The third-order valence-corrected chi connectivity index (χ3v) is 5.48. The van der Waals surface area contributed by atoms with Crippen LogP contribution >= 0.6 is 0 Å². The first-order valence-electron chi connectivity index (χ1n) is 11.7. The molecule has 0 saturated heterocycles. The van der Waals surface area contributed by atoms with E-state index >= 15 is 0 Å². The molecule has 9 nitrogen and oxygen atoms in total. The first-order chi connectivity index (χ1) is 15.3. The molecule has 0 saturated carbocycles. The second kappa shape index (κ2) is 18.2. The molecule has 184 valence electrons. The first kappa shape index (κ1) is 29.5. The van der Waals surface area contributed by atoms with Gasteiger partial charge in [-0.2, -0.15) is 0 Å². The number of carbonyl (C=O) groups excluding carboxylic acids is 1. The van der Waals surface area contributed by atoms with E-state index < -0.39 is 21.9 Å². The molecular formula is C23H40N2O7. The van der Waals surface area contributed by atoms with E-state index in [0.717, 1.165) is 24.6 Å². The van der Waals surface area contributed by atoms with Gasteiger partial charge in [-0.1, -0.05) is 84.0 Å². The second-order valence-corrected chi connectivity index (χ2v) is 8.13. The fourth-order valence-electron chi connectivity index (χ4n) is 3.34. The summed E-state index contributed by atoms with van der Waals surface area (Å²) in [6.07, 6.45) is 20.3. The smallest absolute Gasteiger partial charge is 0.481 e. The van der Waals surface area contributed by atoms with Crippen LogP contribution in [0.3, 0.4) is 0 Å². The summed E-state index contributed by atoms with van der Waals surface area (Å²) in [6, 6.07) is 0. The first-order valence-corrected chi connectivity index (χ1v) is 11.7. The highest BCUT2D eigenvalue weighted by Gasteiger charge is 2.53. The summed E-state index contributed by atoms with van der Waals surface area (Å²) < 4.78 is 4.62. The Morgan fingerprint density at radius 1 is 0.938 bits per heavy atom. The van der Waals surface area contributed by atoms with Crippen LogP contribution in [0.25, 0.3) is 0 Å². The zero-order valence-electron chi connectivity index (χ0n) is 19.6. The average Bonchev–Trinajstić information content (AvgIpc) is 2.77. The van der Waals surface area contributed by atoms with Crippen LogP contribution in [0.5, 0.6) is 0 Å². The third kappa shape index (κ3) is 13.1. The summed E-state index contributed by atoms with van der Waals surface area (Å²) in [5.41, 5.74) is -2.31. The van der Waals surface area contributed by atoms with E-state index in [-0.39, 0.29) is 11.7 Å². The number of nitrogens with zero attached hydrogens (tertiary/aromatic N) is 2. The van der Waals surface area contributed by atoms with Crippen LogP contribution in [-0.2, 0) is 9.53 Å². The lowest BCUT2D eigenvalue weighted by Crippen LogP contribution is -2.44. The van der Waals surface area contributed by atoms with E-state index in [0.29, 0.717) is 6.42 Å². The Bertz CT molecular complexity index is 603. The number of methoxy groups -OCH3 is 1. The minimum Gasteiger partial charge on any atom is -0.508 e. The maximum Gasteiger partial charge on any atom is 0.481 e. The minimum absolute atomic E-state index is 0.0666. The predicted molar refractivity (Wildman–Crippen MR) is 124 cm³/mol. The van der Waals surface area contributed by atoms with E-state index in [4.69, 9.17) is 5.11 Å². The number of esters is 1. The fraction of sp³-hybridized carbons (Fsp3) is 0.783. The van der Waals surface area contributed by atoms with Crippen LogP contribution < -0.4 is 0 Å². The number of hydrogen-bond donors (Lipinski definition) is 1. The zero-order chi connectivity index (χ0) is 24.2. The third-order valence-electron chi connectivity index (χ3n) is 5.48. The van der Waals surface area contributed by atoms with E-state index in [1.165, 1.54) is 84.2 Å². The predicted octanol–water partition coefficient (Wildman–Crippen LogP) is 6.28. The highest BCUT2D eigenvalue weighted by Crippen LogP contribution is 2.23. The molecule has 1 rings (SSSR count). The maximum absolute atomic E-state index is 10.9. The molecule has 1 N–H and O–H groups in total. The van der Waals surface area contributed by atoms with Crippen molar-refractivity contribution in [3.8, 4) is 0 Å². The van der Waals surface area contributed by atoms with Crippen LogP contribution in [0.1, 0.15) is 103 Å². The molecule has 32 heavy (non-hydrogen) atoms. The van der Waals surface area contributed by atoms with Crippen molar-refractivity contribution in [2.45, 2.75) is 109 Å². The van der Waals surface area contributed by atoms with Gasteiger partial charge in [0.25, 0.3) is 0 Å². The van der Waals surface area contributed by atoms with Crippen molar-refractivity contribution in [2.75, 3.05) is 7.11 Å². The molecule has 0 aromatic rings. The molecule has 0 heterocycles. The number of carbonyl (C=O) groups is 1. The summed E-state index contributed by atoms with van der Waals surface area (Å²) in [5.74, 6) is -0.262. The van der Waals surface area contributed by atoms with E-state index in [9.17, 15) is 25.0 Å². The van der Waals surface area contributed by atoms with Gasteiger partial charge in [0.15, 0.2) is 0 Å². The lowest BCUT2D eigenvalue weighted by Gasteiger charge is -2.13. The normalized spacial score (nSPS) is 14.1. The molecule has 0 aromatic heterocycles. The zero-order valence-corrected chi connectivity index (χ0v) is 19.6. The van der Waals surface area contributed by atoms with Gasteiger partial charge in [-0.3, -0.25) is 25.0 Å². The van der Waals surface area contributed by atoms with Gasteiger partial charge < -0.3 is 9.84 Å². The molecule has 0 bridgehead atoms. The highest BCUT2D eigenvalue weighted by molar-refractivity contribution is 5.68. The number of nitro groups is 2. The monoisotopic (exact) mass is 456 g/mol. The van der Waals surface area contributed by atoms with Crippen molar-refractivity contribution in [2.24, 2.45) is 0 Å². The molecule has 0 atom stereocenters. The molecule has 0 aromatic carbocycles. The number of allylic oxidation sites excluding steroid dienone is 1. The van der Waals surface area contributed by atoms with E-state index in [1.807, 2.05) is 0 Å². The van der Waals surface area contributed by atoms with Crippen molar-refractivity contribution >= 4 is 5.97 Å². The highest BCUT2D eigenvalue weighted by atomic mass is 16.7. The molecule has 0 fully saturated rings. The Labute approximate surface area is 191 Å². The summed E-state index contributed by atoms with van der Waals surface area (Å²) >= 11 is 0. The van der Waals surface area contributed by atoms with Crippen molar-refractivity contribution in [1.82, 2.24) is 0 Å². The molecule has 0 amide bonds. The molecule has 0 radical (unpaired) electrons. The Balaban J connectivity index is 0.000000641. The number of aliphatic hydroxyl groups is 1. The van der Waals surface area contributed by atoms with Gasteiger partial charge in [0.2, 0.25) is 0 Å². The lowest BCUT2D eigenvalue weighted by atomic mass is 10.0. The van der Waals surface area contributed by atoms with Gasteiger partial charge in [0.05, 0.1) is 13.2 Å². The van der Waals surface area contributed by atoms with E-state index in [1.54, 1.807) is 0 Å². The minimum atomic E-state index is -2.31. The summed E-state index contributed by atoms with van der Waals surface area (Å²) in [5, 5.41) is 29.7. The van der Waals surface area contributed by atoms with Crippen LogP contribution in [0, 0.1) is 20.2 Å². The standard InChI is InChI=1S/C17H34O2.C6H6N2O5/c1-3-4-5-6-7-8-9-10-11-12-13-14-15-16-17(18)19-2;9-5-1-3-6(4-2-5,7(10)11)8(12)13/h3-16H2,1-2H3;1-3,9H,4H2.